The summed E-state index contributed by atoms with van der Waals surface area (Å²) in [7, 11) is 0. The van der Waals surface area contributed by atoms with E-state index in [0.717, 1.165) is 22.4 Å². The van der Waals surface area contributed by atoms with E-state index in [2.05, 4.69) is 29.4 Å². The van der Waals surface area contributed by atoms with Crippen LogP contribution in [0, 0.1) is 0 Å². The van der Waals surface area contributed by atoms with Crippen LogP contribution in [0.1, 0.15) is 33.1 Å². The maximum atomic E-state index is 11.5. The molecular formula is C15H20N2O2S2. The van der Waals surface area contributed by atoms with Crippen molar-refractivity contribution in [1.29, 1.82) is 0 Å². The van der Waals surface area contributed by atoms with Gasteiger partial charge in [0.2, 0.25) is 0 Å². The summed E-state index contributed by atoms with van der Waals surface area (Å²) >= 11 is 3.34. The van der Waals surface area contributed by atoms with Crippen molar-refractivity contribution >= 4 is 44.5 Å². The first-order chi connectivity index (χ1) is 10.2. The Morgan fingerprint density at radius 3 is 3.00 bits per heavy atom. The number of nitrogens with zero attached hydrogens (tertiary/aromatic N) is 1. The van der Waals surface area contributed by atoms with Crippen LogP contribution in [0.15, 0.2) is 23.1 Å². The van der Waals surface area contributed by atoms with Gasteiger partial charge in [-0.05, 0) is 36.8 Å². The number of hydrogen-bond donors (Lipinski definition) is 1. The first-order valence-corrected chi connectivity index (χ1v) is 9.00. The zero-order chi connectivity index (χ0) is 15.1. The number of rotatable bonds is 7. The van der Waals surface area contributed by atoms with Crippen LogP contribution in [0.2, 0.25) is 0 Å². The standard InChI is InChI=1S/C15H20N2O2S2/c1-3-5-9-20-11-6-7-12-13(10-11)21-14(16-12)17-15(18)19-8-4-2/h6-7,10H,3-5,8-9H2,1-2H3,(H,16,17,18). The molecule has 0 aliphatic rings. The minimum atomic E-state index is -0.437. The van der Waals surface area contributed by atoms with E-state index in [4.69, 9.17) is 4.74 Å². The Morgan fingerprint density at radius 2 is 2.24 bits per heavy atom. The average Bonchev–Trinajstić information content (AvgIpc) is 2.86. The van der Waals surface area contributed by atoms with Crippen LogP contribution in [-0.4, -0.2) is 23.4 Å². The van der Waals surface area contributed by atoms with Crippen molar-refractivity contribution in [1.82, 2.24) is 4.98 Å². The van der Waals surface area contributed by atoms with Crippen molar-refractivity contribution in [2.45, 2.75) is 38.0 Å². The van der Waals surface area contributed by atoms with Crippen molar-refractivity contribution < 1.29 is 9.53 Å². The smallest absolute Gasteiger partial charge is 0.413 e. The Balaban J connectivity index is 2.01. The number of nitrogens with one attached hydrogen (secondary N) is 1. The minimum absolute atomic E-state index is 0.426. The van der Waals surface area contributed by atoms with Crippen molar-refractivity contribution in [3.05, 3.63) is 18.2 Å². The molecule has 1 N–H and O–H groups in total. The summed E-state index contributed by atoms with van der Waals surface area (Å²) in [6.07, 6.45) is 2.81. The van der Waals surface area contributed by atoms with E-state index in [-0.39, 0.29) is 0 Å². The van der Waals surface area contributed by atoms with E-state index in [1.54, 1.807) is 0 Å². The lowest BCUT2D eigenvalue weighted by Gasteiger charge is -2.01. The van der Waals surface area contributed by atoms with Gasteiger partial charge >= 0.3 is 6.09 Å². The summed E-state index contributed by atoms with van der Waals surface area (Å²) in [5, 5.41) is 3.26. The van der Waals surface area contributed by atoms with Gasteiger partial charge < -0.3 is 4.74 Å². The summed E-state index contributed by atoms with van der Waals surface area (Å²) in [4.78, 5) is 17.2. The molecule has 4 nitrogen and oxygen atoms in total. The van der Waals surface area contributed by atoms with E-state index in [0.29, 0.717) is 11.7 Å². The summed E-state index contributed by atoms with van der Waals surface area (Å²) in [6, 6.07) is 6.22. The average molecular weight is 324 g/mol. The highest BCUT2D eigenvalue weighted by Crippen LogP contribution is 2.30. The Hall–Kier alpha value is -1.27. The van der Waals surface area contributed by atoms with E-state index in [9.17, 15) is 4.79 Å². The van der Waals surface area contributed by atoms with Gasteiger partial charge in [-0.3, -0.25) is 5.32 Å². The van der Waals surface area contributed by atoms with E-state index in [1.165, 1.54) is 29.1 Å². The van der Waals surface area contributed by atoms with Gasteiger partial charge in [-0.15, -0.1) is 11.8 Å². The third-order valence-electron chi connectivity index (χ3n) is 2.77. The van der Waals surface area contributed by atoms with Gasteiger partial charge in [0.05, 0.1) is 16.8 Å². The van der Waals surface area contributed by atoms with Gasteiger partial charge in [-0.1, -0.05) is 31.6 Å². The van der Waals surface area contributed by atoms with Gasteiger partial charge in [0.15, 0.2) is 5.13 Å². The van der Waals surface area contributed by atoms with Crippen LogP contribution in [-0.2, 0) is 4.74 Å². The fourth-order valence-corrected chi connectivity index (χ4v) is 3.70. The molecule has 2 aromatic rings. The fraction of sp³-hybridized carbons (Fsp3) is 0.467. The predicted octanol–water partition coefficient (Wildman–Crippen LogP) is 5.15. The Labute approximate surface area is 133 Å². The molecule has 1 amide bonds. The van der Waals surface area contributed by atoms with Crippen LogP contribution >= 0.6 is 23.1 Å². The second-order valence-corrected chi connectivity index (χ2v) is 6.81. The van der Waals surface area contributed by atoms with Gasteiger partial charge in [0.1, 0.15) is 0 Å². The van der Waals surface area contributed by atoms with Gasteiger partial charge in [-0.2, -0.15) is 0 Å². The molecule has 1 aromatic carbocycles. The first-order valence-electron chi connectivity index (χ1n) is 7.20. The molecule has 0 saturated heterocycles. The number of thioether (sulfide) groups is 1. The summed E-state index contributed by atoms with van der Waals surface area (Å²) in [5.74, 6) is 1.13. The minimum Gasteiger partial charge on any atom is -0.449 e. The third kappa shape index (κ3) is 4.89. The molecule has 0 atom stereocenters. The molecule has 0 saturated carbocycles. The molecule has 1 aromatic heterocycles. The van der Waals surface area contributed by atoms with Crippen molar-refractivity contribution in [2.75, 3.05) is 17.7 Å². The lowest BCUT2D eigenvalue weighted by atomic mass is 10.3. The third-order valence-corrected chi connectivity index (χ3v) is 4.79. The molecule has 21 heavy (non-hydrogen) atoms. The molecular weight excluding hydrogens is 304 g/mol. The van der Waals surface area contributed by atoms with Gasteiger partial charge in [0, 0.05) is 4.90 Å². The summed E-state index contributed by atoms with van der Waals surface area (Å²) in [5.41, 5.74) is 0.908. The van der Waals surface area contributed by atoms with E-state index < -0.39 is 6.09 Å². The zero-order valence-electron chi connectivity index (χ0n) is 12.3. The lowest BCUT2D eigenvalue weighted by molar-refractivity contribution is 0.161. The Bertz CT molecular complexity index is 598. The molecule has 2 rings (SSSR count). The second-order valence-electron chi connectivity index (χ2n) is 4.61. The number of benzene rings is 1. The number of thiazole rings is 1. The molecule has 6 heteroatoms. The molecule has 0 radical (unpaired) electrons. The highest BCUT2D eigenvalue weighted by atomic mass is 32.2. The predicted molar refractivity (Wildman–Crippen MR) is 90.5 cm³/mol. The molecule has 0 fully saturated rings. The van der Waals surface area contributed by atoms with Crippen LogP contribution in [0.4, 0.5) is 9.93 Å². The van der Waals surface area contributed by atoms with Crippen molar-refractivity contribution in [3.8, 4) is 0 Å². The molecule has 0 bridgehead atoms. The van der Waals surface area contributed by atoms with Gasteiger partial charge in [-0.25, -0.2) is 9.78 Å². The number of aromatic nitrogens is 1. The highest BCUT2D eigenvalue weighted by Gasteiger charge is 2.09. The number of anilines is 1. The quantitative estimate of drug-likeness (QED) is 0.565. The van der Waals surface area contributed by atoms with E-state index >= 15 is 0 Å². The van der Waals surface area contributed by atoms with Crippen LogP contribution in [0.5, 0.6) is 0 Å². The molecule has 0 aliphatic carbocycles. The molecule has 0 spiro atoms. The summed E-state index contributed by atoms with van der Waals surface area (Å²) < 4.78 is 6.08. The van der Waals surface area contributed by atoms with Gasteiger partial charge in [0.25, 0.3) is 0 Å². The maximum Gasteiger partial charge on any atom is 0.413 e. The number of fused-ring (bicyclic) bond motifs is 1. The number of carbonyl (C=O) groups excluding carboxylic acids is 1. The fourth-order valence-electron chi connectivity index (χ4n) is 1.70. The summed E-state index contributed by atoms with van der Waals surface area (Å²) in [6.45, 7) is 4.58. The van der Waals surface area contributed by atoms with Crippen molar-refractivity contribution in [2.24, 2.45) is 0 Å². The molecule has 0 unspecified atom stereocenters. The topological polar surface area (TPSA) is 51.2 Å². The number of carbonyl (C=O) groups is 1. The second kappa shape index (κ2) is 8.24. The number of unbranched alkanes of at least 4 members (excludes halogenated alkanes) is 1. The monoisotopic (exact) mass is 324 g/mol. The lowest BCUT2D eigenvalue weighted by Crippen LogP contribution is -2.13. The zero-order valence-corrected chi connectivity index (χ0v) is 14.0. The number of ether oxygens (including phenoxy) is 1. The Kier molecular flexibility index (Phi) is 6.32. The first kappa shape index (κ1) is 16.1. The number of amides is 1. The maximum absolute atomic E-state index is 11.5. The molecule has 1 heterocycles. The Morgan fingerprint density at radius 1 is 1.38 bits per heavy atom. The normalized spacial score (nSPS) is 10.8. The number of hydrogen-bond acceptors (Lipinski definition) is 5. The molecule has 114 valence electrons. The van der Waals surface area contributed by atoms with Crippen LogP contribution in [0.25, 0.3) is 10.2 Å². The SMILES string of the molecule is CCCCSc1ccc2nc(NC(=O)OCCC)sc2c1. The molecule has 0 aliphatic heterocycles. The van der Waals surface area contributed by atoms with Crippen LogP contribution in [0.3, 0.4) is 0 Å². The van der Waals surface area contributed by atoms with E-state index in [1.807, 2.05) is 24.8 Å². The van der Waals surface area contributed by atoms with Crippen molar-refractivity contribution in [3.63, 3.8) is 0 Å². The van der Waals surface area contributed by atoms with Crippen LogP contribution < -0.4 is 5.32 Å². The largest absolute Gasteiger partial charge is 0.449 e. The highest BCUT2D eigenvalue weighted by molar-refractivity contribution is 7.99.